The molecule has 92 valence electrons. The van der Waals surface area contributed by atoms with Crippen LogP contribution in [-0.4, -0.2) is 36.6 Å². The normalized spacial score (nSPS) is 20.6. The molecule has 0 aromatic heterocycles. The molecule has 17 heavy (non-hydrogen) atoms. The number of hydrogen-bond donors (Lipinski definition) is 1. The van der Waals surface area contributed by atoms with E-state index < -0.39 is 0 Å². The van der Waals surface area contributed by atoms with Crippen LogP contribution < -0.4 is 5.32 Å². The van der Waals surface area contributed by atoms with Crippen LogP contribution in [0.3, 0.4) is 0 Å². The molecule has 0 amide bonds. The maximum atomic E-state index is 3.40. The van der Waals surface area contributed by atoms with Gasteiger partial charge in [0.1, 0.15) is 0 Å². The van der Waals surface area contributed by atoms with Gasteiger partial charge in [0.25, 0.3) is 0 Å². The Hall–Kier alpha value is -0.860. The first-order valence-corrected chi connectivity index (χ1v) is 6.91. The van der Waals surface area contributed by atoms with E-state index in [4.69, 9.17) is 0 Å². The van der Waals surface area contributed by atoms with E-state index in [0.29, 0.717) is 0 Å². The van der Waals surface area contributed by atoms with Crippen molar-refractivity contribution in [1.29, 1.82) is 0 Å². The maximum Gasteiger partial charge on any atom is 0.0348 e. The molecule has 0 radical (unpaired) electrons. The summed E-state index contributed by atoms with van der Waals surface area (Å²) in [7, 11) is 0. The van der Waals surface area contributed by atoms with Crippen molar-refractivity contribution in [3.63, 3.8) is 0 Å². The highest BCUT2D eigenvalue weighted by Gasteiger charge is 2.33. The third kappa shape index (κ3) is 2.12. The molecule has 2 nitrogen and oxygen atoms in total. The largest absolute Gasteiger partial charge is 0.314 e. The summed E-state index contributed by atoms with van der Waals surface area (Å²) in [5, 5.41) is 3.40. The number of rotatable bonds is 4. The Bertz CT molecular complexity index is 359. The highest BCUT2D eigenvalue weighted by Crippen LogP contribution is 2.27. The molecule has 1 aliphatic carbocycles. The average Bonchev–Trinajstić information content (AvgIpc) is 2.69. The number of nitrogens with zero attached hydrogens (tertiary/aromatic N) is 1. The number of fused-ring (bicyclic) bond motifs is 1. The zero-order valence-corrected chi connectivity index (χ0v) is 10.7. The Balaban J connectivity index is 1.72. The highest BCUT2D eigenvalue weighted by atomic mass is 15.3. The van der Waals surface area contributed by atoms with Gasteiger partial charge in [-0.2, -0.15) is 0 Å². The lowest BCUT2D eigenvalue weighted by molar-refractivity contribution is 0.0986. The average molecular weight is 230 g/mol. The van der Waals surface area contributed by atoms with Gasteiger partial charge in [-0.1, -0.05) is 31.2 Å². The van der Waals surface area contributed by atoms with Crippen molar-refractivity contribution < 1.29 is 0 Å². The van der Waals surface area contributed by atoms with Gasteiger partial charge in [0.2, 0.25) is 0 Å². The van der Waals surface area contributed by atoms with Crippen molar-refractivity contribution in [1.82, 2.24) is 10.2 Å². The van der Waals surface area contributed by atoms with Gasteiger partial charge in [0.15, 0.2) is 0 Å². The molecule has 3 rings (SSSR count). The molecular formula is C15H22N2. The molecule has 0 saturated carbocycles. The molecule has 1 fully saturated rings. The van der Waals surface area contributed by atoms with Crippen LogP contribution >= 0.6 is 0 Å². The zero-order chi connectivity index (χ0) is 11.7. The maximum absolute atomic E-state index is 3.40. The molecule has 1 N–H and O–H groups in total. The van der Waals surface area contributed by atoms with Crippen molar-refractivity contribution in [3.8, 4) is 0 Å². The monoisotopic (exact) mass is 230 g/mol. The molecule has 0 atom stereocenters. The molecule has 1 aliphatic heterocycles. The molecular weight excluding hydrogens is 208 g/mol. The minimum Gasteiger partial charge on any atom is -0.314 e. The van der Waals surface area contributed by atoms with E-state index in [1.54, 1.807) is 11.1 Å². The Morgan fingerprint density at radius 2 is 1.76 bits per heavy atom. The lowest BCUT2D eigenvalue weighted by Crippen LogP contribution is -2.60. The van der Waals surface area contributed by atoms with E-state index in [1.807, 2.05) is 0 Å². The summed E-state index contributed by atoms with van der Waals surface area (Å²) in [6.45, 7) is 5.92. The summed E-state index contributed by atoms with van der Waals surface area (Å²) in [6, 6.07) is 10.5. The van der Waals surface area contributed by atoms with Crippen molar-refractivity contribution in [2.45, 2.75) is 38.3 Å². The van der Waals surface area contributed by atoms with Crippen molar-refractivity contribution in [2.24, 2.45) is 0 Å². The first kappa shape index (κ1) is 11.2. The summed E-state index contributed by atoms with van der Waals surface area (Å²) in [5.74, 6) is 0. The van der Waals surface area contributed by atoms with Gasteiger partial charge in [-0.15, -0.1) is 0 Å². The summed E-state index contributed by atoms with van der Waals surface area (Å²) < 4.78 is 0. The van der Waals surface area contributed by atoms with Gasteiger partial charge < -0.3 is 5.32 Å². The molecule has 1 saturated heterocycles. The molecule has 0 spiro atoms. The highest BCUT2D eigenvalue weighted by molar-refractivity contribution is 5.33. The summed E-state index contributed by atoms with van der Waals surface area (Å²) in [4.78, 5) is 2.75. The first-order chi connectivity index (χ1) is 8.38. The third-order valence-electron chi connectivity index (χ3n) is 4.21. The van der Waals surface area contributed by atoms with Gasteiger partial charge in [-0.3, -0.25) is 4.90 Å². The second kappa shape index (κ2) is 4.79. The molecule has 0 bridgehead atoms. The minimum atomic E-state index is 0.749. The van der Waals surface area contributed by atoms with Crippen LogP contribution in [0.1, 0.15) is 24.5 Å². The molecule has 1 aromatic rings. The Morgan fingerprint density at radius 3 is 2.24 bits per heavy atom. The molecule has 1 heterocycles. The Kier molecular flexibility index (Phi) is 3.17. The fraction of sp³-hybridized carbons (Fsp3) is 0.600. The number of benzene rings is 1. The van der Waals surface area contributed by atoms with Gasteiger partial charge in [-0.25, -0.2) is 0 Å². The first-order valence-electron chi connectivity index (χ1n) is 6.91. The van der Waals surface area contributed by atoms with Gasteiger partial charge in [0, 0.05) is 25.2 Å². The topological polar surface area (TPSA) is 15.3 Å². The number of hydrogen-bond acceptors (Lipinski definition) is 2. The van der Waals surface area contributed by atoms with Crippen LogP contribution in [0.2, 0.25) is 0 Å². The van der Waals surface area contributed by atoms with Crippen molar-refractivity contribution in [3.05, 3.63) is 35.4 Å². The van der Waals surface area contributed by atoms with E-state index in [9.17, 15) is 0 Å². The second-order valence-corrected chi connectivity index (χ2v) is 5.38. The lowest BCUT2D eigenvalue weighted by Gasteiger charge is -2.41. The molecule has 0 unspecified atom stereocenters. The summed E-state index contributed by atoms with van der Waals surface area (Å²) >= 11 is 0. The van der Waals surface area contributed by atoms with Gasteiger partial charge >= 0.3 is 0 Å². The molecule has 2 heteroatoms. The van der Waals surface area contributed by atoms with Crippen molar-refractivity contribution in [2.75, 3.05) is 19.6 Å². The summed E-state index contributed by atoms with van der Waals surface area (Å²) in [5.41, 5.74) is 3.15. The Labute approximate surface area is 104 Å². The standard InChI is InChI=1S/C15H22N2/c1-2-7-17(15-10-16-11-15)14-8-12-5-3-4-6-13(12)9-14/h3-6,14-16H,2,7-11H2,1H3. The van der Waals surface area contributed by atoms with Crippen LogP contribution in [0.15, 0.2) is 24.3 Å². The van der Waals surface area contributed by atoms with Gasteiger partial charge in [0.05, 0.1) is 0 Å². The SMILES string of the molecule is CCCN(C1CNC1)C1Cc2ccccc2C1. The van der Waals surface area contributed by atoms with E-state index >= 15 is 0 Å². The predicted molar refractivity (Wildman–Crippen MR) is 71.3 cm³/mol. The molecule has 2 aliphatic rings. The van der Waals surface area contributed by atoms with Crippen LogP contribution in [0.5, 0.6) is 0 Å². The summed E-state index contributed by atoms with van der Waals surface area (Å²) in [6.07, 6.45) is 3.78. The van der Waals surface area contributed by atoms with E-state index in [-0.39, 0.29) is 0 Å². The zero-order valence-electron chi connectivity index (χ0n) is 10.7. The number of nitrogens with one attached hydrogen (secondary N) is 1. The van der Waals surface area contributed by atoms with Crippen LogP contribution in [0, 0.1) is 0 Å². The van der Waals surface area contributed by atoms with E-state index in [0.717, 1.165) is 12.1 Å². The van der Waals surface area contributed by atoms with E-state index in [2.05, 4.69) is 41.4 Å². The smallest absolute Gasteiger partial charge is 0.0348 e. The van der Waals surface area contributed by atoms with Crippen LogP contribution in [0.4, 0.5) is 0 Å². The fourth-order valence-electron chi connectivity index (χ4n) is 3.20. The lowest BCUT2D eigenvalue weighted by atomic mass is 10.0. The van der Waals surface area contributed by atoms with Gasteiger partial charge in [-0.05, 0) is 36.9 Å². The molecule has 1 aromatic carbocycles. The van der Waals surface area contributed by atoms with Crippen molar-refractivity contribution >= 4 is 0 Å². The van der Waals surface area contributed by atoms with Crippen LogP contribution in [0.25, 0.3) is 0 Å². The fourth-order valence-corrected chi connectivity index (χ4v) is 3.20. The van der Waals surface area contributed by atoms with Crippen LogP contribution in [-0.2, 0) is 12.8 Å². The predicted octanol–water partition coefficient (Wildman–Crippen LogP) is 1.84. The third-order valence-corrected chi connectivity index (χ3v) is 4.21. The second-order valence-electron chi connectivity index (χ2n) is 5.38. The van der Waals surface area contributed by atoms with E-state index in [1.165, 1.54) is 38.9 Å². The Morgan fingerprint density at radius 1 is 1.12 bits per heavy atom. The minimum absolute atomic E-state index is 0.749. The quantitative estimate of drug-likeness (QED) is 0.849.